The van der Waals surface area contributed by atoms with E-state index < -0.39 is 5.92 Å². The molecule has 1 atom stereocenters. The molecule has 142 valence electrons. The minimum Gasteiger partial charge on any atom is -0.493 e. The van der Waals surface area contributed by atoms with Crippen LogP contribution in [0.3, 0.4) is 0 Å². The predicted molar refractivity (Wildman–Crippen MR) is 105 cm³/mol. The minimum absolute atomic E-state index is 0.169. The van der Waals surface area contributed by atoms with E-state index in [-0.39, 0.29) is 11.8 Å². The molecular weight excluding hydrogens is 344 g/mol. The quantitative estimate of drug-likeness (QED) is 0.822. The number of hydrogen-bond donors (Lipinski definition) is 1. The summed E-state index contributed by atoms with van der Waals surface area (Å²) < 4.78 is 10.4. The van der Waals surface area contributed by atoms with Gasteiger partial charge >= 0.3 is 0 Å². The lowest BCUT2D eigenvalue weighted by molar-refractivity contribution is -0.129. The van der Waals surface area contributed by atoms with Crippen molar-refractivity contribution in [2.45, 2.75) is 20.3 Å². The fourth-order valence-corrected chi connectivity index (χ4v) is 3.43. The molecule has 0 aliphatic carbocycles. The lowest BCUT2D eigenvalue weighted by atomic mass is 10.1. The molecule has 0 aromatic heterocycles. The maximum Gasteiger partial charge on any atom is 0.239 e. The smallest absolute Gasteiger partial charge is 0.239 e. The summed E-state index contributed by atoms with van der Waals surface area (Å²) in [5.41, 5.74) is 3.60. The summed E-state index contributed by atoms with van der Waals surface area (Å²) >= 11 is 0. The van der Waals surface area contributed by atoms with Crippen LogP contribution in [0.1, 0.15) is 17.5 Å². The molecule has 6 nitrogen and oxygen atoms in total. The number of anilines is 2. The lowest BCUT2D eigenvalue weighted by Crippen LogP contribution is -2.33. The van der Waals surface area contributed by atoms with Gasteiger partial charge in [-0.1, -0.05) is 6.07 Å². The van der Waals surface area contributed by atoms with Crippen molar-refractivity contribution in [3.8, 4) is 11.5 Å². The summed E-state index contributed by atoms with van der Waals surface area (Å²) in [7, 11) is 3.08. The summed E-state index contributed by atoms with van der Waals surface area (Å²) in [6.07, 6.45) is 0.491. The van der Waals surface area contributed by atoms with Gasteiger partial charge in [0, 0.05) is 24.0 Å². The molecule has 0 bridgehead atoms. The van der Waals surface area contributed by atoms with Crippen LogP contribution in [0.5, 0.6) is 11.5 Å². The molecule has 2 aromatic rings. The molecule has 1 N–H and O–H groups in total. The number of aryl methyl sites for hydroxylation is 2. The van der Waals surface area contributed by atoms with Gasteiger partial charge in [0.05, 0.1) is 14.2 Å². The van der Waals surface area contributed by atoms with Gasteiger partial charge in [-0.05, 0) is 55.7 Å². The fourth-order valence-electron chi connectivity index (χ4n) is 3.43. The number of amides is 2. The third kappa shape index (κ3) is 3.89. The molecule has 1 heterocycles. The molecule has 6 heteroatoms. The maximum atomic E-state index is 12.8. The van der Waals surface area contributed by atoms with E-state index in [2.05, 4.69) is 11.4 Å². The standard InChI is InChI=1S/C21H24N2O4/c1-13-9-14(2)11-16(10-13)23-8-7-17(21(23)25)20(24)22-15-5-6-18(26-3)19(12-15)27-4/h5-6,9-12,17H,7-8H2,1-4H3,(H,22,24). The summed E-state index contributed by atoms with van der Waals surface area (Å²) in [5, 5.41) is 2.81. The molecule has 1 aliphatic rings. The van der Waals surface area contributed by atoms with Gasteiger partial charge in [0.15, 0.2) is 11.5 Å². The maximum absolute atomic E-state index is 12.8. The van der Waals surface area contributed by atoms with Crippen molar-refractivity contribution in [1.29, 1.82) is 0 Å². The predicted octanol–water partition coefficient (Wildman–Crippen LogP) is 3.31. The van der Waals surface area contributed by atoms with E-state index in [1.165, 1.54) is 7.11 Å². The fraction of sp³-hybridized carbons (Fsp3) is 0.333. The van der Waals surface area contributed by atoms with Crippen LogP contribution in [0.2, 0.25) is 0 Å². The Bertz CT molecular complexity index is 858. The Labute approximate surface area is 159 Å². The highest BCUT2D eigenvalue weighted by atomic mass is 16.5. The van der Waals surface area contributed by atoms with Gasteiger partial charge in [0.1, 0.15) is 5.92 Å². The Balaban J connectivity index is 1.74. The van der Waals surface area contributed by atoms with Gasteiger partial charge in [-0.3, -0.25) is 9.59 Å². The highest BCUT2D eigenvalue weighted by molar-refractivity contribution is 6.13. The molecule has 3 rings (SSSR count). The van der Waals surface area contributed by atoms with Gasteiger partial charge in [0.25, 0.3) is 0 Å². The number of nitrogens with one attached hydrogen (secondary N) is 1. The number of ether oxygens (including phenoxy) is 2. The van der Waals surface area contributed by atoms with E-state index >= 15 is 0 Å². The van der Waals surface area contributed by atoms with Gasteiger partial charge in [0.2, 0.25) is 11.8 Å². The first kappa shape index (κ1) is 18.8. The molecule has 2 amide bonds. The van der Waals surface area contributed by atoms with Crippen LogP contribution in [0.15, 0.2) is 36.4 Å². The Morgan fingerprint density at radius 2 is 1.70 bits per heavy atom. The topological polar surface area (TPSA) is 67.9 Å². The first-order chi connectivity index (χ1) is 12.9. The SMILES string of the molecule is COc1ccc(NC(=O)C2CCN(c3cc(C)cc(C)c3)C2=O)cc1OC. The minimum atomic E-state index is -0.695. The van der Waals surface area contributed by atoms with Crippen LogP contribution < -0.4 is 19.7 Å². The molecule has 0 radical (unpaired) electrons. The lowest BCUT2D eigenvalue weighted by Gasteiger charge is -2.18. The Hall–Kier alpha value is -3.02. The van der Waals surface area contributed by atoms with E-state index in [1.807, 2.05) is 26.0 Å². The van der Waals surface area contributed by atoms with E-state index in [4.69, 9.17) is 9.47 Å². The van der Waals surface area contributed by atoms with Gasteiger partial charge in [-0.25, -0.2) is 0 Å². The largest absolute Gasteiger partial charge is 0.493 e. The van der Waals surface area contributed by atoms with Crippen molar-refractivity contribution in [2.24, 2.45) is 5.92 Å². The van der Waals surface area contributed by atoms with Crippen molar-refractivity contribution in [3.05, 3.63) is 47.5 Å². The number of hydrogen-bond acceptors (Lipinski definition) is 4. The third-order valence-corrected chi connectivity index (χ3v) is 4.69. The van der Waals surface area contributed by atoms with Crippen LogP contribution in [0, 0.1) is 19.8 Å². The van der Waals surface area contributed by atoms with Crippen molar-refractivity contribution in [1.82, 2.24) is 0 Å². The van der Waals surface area contributed by atoms with Crippen molar-refractivity contribution >= 4 is 23.2 Å². The molecule has 1 aliphatic heterocycles. The Morgan fingerprint density at radius 1 is 1.04 bits per heavy atom. The molecule has 0 saturated carbocycles. The third-order valence-electron chi connectivity index (χ3n) is 4.69. The number of carbonyl (C=O) groups is 2. The van der Waals surface area contributed by atoms with Gasteiger partial charge < -0.3 is 19.7 Å². The number of nitrogens with zero attached hydrogens (tertiary/aromatic N) is 1. The van der Waals surface area contributed by atoms with Crippen molar-refractivity contribution in [3.63, 3.8) is 0 Å². The highest BCUT2D eigenvalue weighted by Gasteiger charge is 2.37. The summed E-state index contributed by atoms with van der Waals surface area (Å²) in [4.78, 5) is 27.2. The second-order valence-electron chi connectivity index (χ2n) is 6.74. The van der Waals surface area contributed by atoms with Crippen LogP contribution in [0.25, 0.3) is 0 Å². The van der Waals surface area contributed by atoms with E-state index in [0.29, 0.717) is 30.2 Å². The van der Waals surface area contributed by atoms with Crippen LogP contribution in [-0.2, 0) is 9.59 Å². The first-order valence-corrected chi connectivity index (χ1v) is 8.85. The zero-order valence-electron chi connectivity index (χ0n) is 16.0. The molecule has 0 spiro atoms. The van der Waals surface area contributed by atoms with Crippen LogP contribution in [0.4, 0.5) is 11.4 Å². The van der Waals surface area contributed by atoms with Crippen molar-refractivity contribution < 1.29 is 19.1 Å². The normalized spacial score (nSPS) is 16.4. The Kier molecular flexibility index (Phi) is 5.35. The van der Waals surface area contributed by atoms with E-state index in [0.717, 1.165) is 16.8 Å². The molecule has 1 fully saturated rings. The zero-order valence-corrected chi connectivity index (χ0v) is 16.0. The van der Waals surface area contributed by atoms with Crippen LogP contribution >= 0.6 is 0 Å². The molecule has 2 aromatic carbocycles. The summed E-state index contributed by atoms with van der Waals surface area (Å²) in [6.45, 7) is 4.53. The van der Waals surface area contributed by atoms with Crippen molar-refractivity contribution in [2.75, 3.05) is 31.0 Å². The number of benzene rings is 2. The number of rotatable bonds is 5. The molecule has 27 heavy (non-hydrogen) atoms. The summed E-state index contributed by atoms with van der Waals surface area (Å²) in [5.74, 6) is -0.0747. The average Bonchev–Trinajstić information content (AvgIpc) is 3.02. The Morgan fingerprint density at radius 3 is 2.33 bits per heavy atom. The van der Waals surface area contributed by atoms with E-state index in [1.54, 1.807) is 30.2 Å². The average molecular weight is 368 g/mol. The number of carbonyl (C=O) groups excluding carboxylic acids is 2. The molecule has 1 saturated heterocycles. The molecular formula is C21H24N2O4. The summed E-state index contributed by atoms with van der Waals surface area (Å²) in [6, 6.07) is 11.1. The molecule has 1 unspecified atom stereocenters. The van der Waals surface area contributed by atoms with E-state index in [9.17, 15) is 9.59 Å². The zero-order chi connectivity index (χ0) is 19.6. The monoisotopic (exact) mass is 368 g/mol. The highest BCUT2D eigenvalue weighted by Crippen LogP contribution is 2.31. The van der Waals surface area contributed by atoms with Gasteiger partial charge in [-0.15, -0.1) is 0 Å². The second kappa shape index (κ2) is 7.70. The van der Waals surface area contributed by atoms with Crippen LogP contribution in [-0.4, -0.2) is 32.6 Å². The first-order valence-electron chi connectivity index (χ1n) is 8.85. The van der Waals surface area contributed by atoms with Gasteiger partial charge in [-0.2, -0.15) is 0 Å². The second-order valence-corrected chi connectivity index (χ2v) is 6.74. The number of methoxy groups -OCH3 is 2.